The molecular weight excluding hydrogens is 208 g/mol. The van der Waals surface area contributed by atoms with Gasteiger partial charge in [0.2, 0.25) is 0 Å². The van der Waals surface area contributed by atoms with Crippen LogP contribution in [0.15, 0.2) is 24.3 Å². The van der Waals surface area contributed by atoms with Crippen LogP contribution in [0.25, 0.3) is 0 Å². The zero-order valence-electron chi connectivity index (χ0n) is 10.5. The first kappa shape index (κ1) is 11.3. The van der Waals surface area contributed by atoms with Gasteiger partial charge in [0.25, 0.3) is 0 Å². The quantitative estimate of drug-likeness (QED) is 0.837. The van der Waals surface area contributed by atoms with E-state index in [1.54, 1.807) is 0 Å². The number of benzene rings is 1. The summed E-state index contributed by atoms with van der Waals surface area (Å²) in [6.07, 6.45) is 9.75. The van der Waals surface area contributed by atoms with E-state index in [9.17, 15) is 5.11 Å². The average molecular weight is 230 g/mol. The lowest BCUT2D eigenvalue weighted by Gasteiger charge is -2.22. The molecule has 17 heavy (non-hydrogen) atoms. The topological polar surface area (TPSA) is 20.2 Å². The second-order valence-electron chi connectivity index (χ2n) is 5.98. The lowest BCUT2D eigenvalue weighted by atomic mass is 9.84. The van der Waals surface area contributed by atoms with Gasteiger partial charge in [0.05, 0.1) is 5.60 Å². The molecule has 0 bridgehead atoms. The van der Waals surface area contributed by atoms with Crippen molar-refractivity contribution in [3.05, 3.63) is 35.4 Å². The first-order valence-corrected chi connectivity index (χ1v) is 7.06. The molecule has 0 atom stereocenters. The fourth-order valence-corrected chi connectivity index (χ4v) is 3.04. The van der Waals surface area contributed by atoms with Crippen molar-refractivity contribution in [3.8, 4) is 0 Å². The molecule has 0 aromatic heterocycles. The summed E-state index contributed by atoms with van der Waals surface area (Å²) < 4.78 is 0. The molecule has 0 amide bonds. The van der Waals surface area contributed by atoms with Gasteiger partial charge in [-0.25, -0.2) is 0 Å². The van der Waals surface area contributed by atoms with Gasteiger partial charge in [0.1, 0.15) is 0 Å². The molecule has 1 N–H and O–H groups in total. The molecule has 0 aliphatic heterocycles. The first-order chi connectivity index (χ1) is 8.25. The minimum Gasteiger partial charge on any atom is -0.390 e. The third-order valence-corrected chi connectivity index (χ3v) is 4.42. The normalized spacial score (nSPS) is 23.6. The maximum absolute atomic E-state index is 9.90. The number of aliphatic hydroxyl groups is 1. The predicted octanol–water partition coefficient (Wildman–Crippen LogP) is 3.80. The fraction of sp³-hybridized carbons (Fsp3) is 0.625. The minimum atomic E-state index is -0.355. The molecule has 1 aromatic rings. The molecule has 2 saturated carbocycles. The van der Waals surface area contributed by atoms with E-state index in [0.717, 1.165) is 25.2 Å². The number of hydrogen-bond acceptors (Lipinski definition) is 1. The molecule has 0 radical (unpaired) electrons. The molecular formula is C16H22O. The molecule has 1 heteroatoms. The molecule has 2 aliphatic carbocycles. The van der Waals surface area contributed by atoms with Crippen LogP contribution >= 0.6 is 0 Å². The summed E-state index contributed by atoms with van der Waals surface area (Å²) in [5, 5.41) is 9.90. The Morgan fingerprint density at radius 2 is 1.65 bits per heavy atom. The van der Waals surface area contributed by atoms with Gasteiger partial charge in [0.15, 0.2) is 0 Å². The second-order valence-corrected chi connectivity index (χ2v) is 5.98. The highest BCUT2D eigenvalue weighted by molar-refractivity contribution is 5.27. The van der Waals surface area contributed by atoms with Crippen LogP contribution in [0.1, 0.15) is 62.0 Å². The molecule has 1 aromatic carbocycles. The molecule has 1 nitrogen and oxygen atoms in total. The van der Waals surface area contributed by atoms with Crippen LogP contribution in [0.3, 0.4) is 0 Å². The van der Waals surface area contributed by atoms with Gasteiger partial charge in [-0.3, -0.25) is 0 Å². The van der Waals surface area contributed by atoms with Crippen molar-refractivity contribution in [2.75, 3.05) is 0 Å². The van der Waals surface area contributed by atoms with Crippen molar-refractivity contribution >= 4 is 0 Å². The van der Waals surface area contributed by atoms with Crippen molar-refractivity contribution < 1.29 is 5.11 Å². The summed E-state index contributed by atoms with van der Waals surface area (Å²) in [4.78, 5) is 0. The van der Waals surface area contributed by atoms with E-state index in [2.05, 4.69) is 24.3 Å². The van der Waals surface area contributed by atoms with Crippen LogP contribution in [0.2, 0.25) is 0 Å². The Labute approximate surface area is 104 Å². The SMILES string of the molecule is OC1(Cc2ccc(C3CCCCC3)cc2)CC1. The lowest BCUT2D eigenvalue weighted by molar-refractivity contribution is 0.151. The molecule has 3 rings (SSSR count). The monoisotopic (exact) mass is 230 g/mol. The highest BCUT2D eigenvalue weighted by Crippen LogP contribution is 2.38. The zero-order valence-corrected chi connectivity index (χ0v) is 10.5. The Bertz CT molecular complexity index is 369. The van der Waals surface area contributed by atoms with Gasteiger partial charge < -0.3 is 5.11 Å². The molecule has 92 valence electrons. The number of hydrogen-bond donors (Lipinski definition) is 1. The van der Waals surface area contributed by atoms with Gasteiger partial charge >= 0.3 is 0 Å². The van der Waals surface area contributed by atoms with Crippen LogP contribution in [-0.2, 0) is 6.42 Å². The van der Waals surface area contributed by atoms with Crippen LogP contribution in [-0.4, -0.2) is 10.7 Å². The third kappa shape index (κ3) is 2.71. The maximum atomic E-state index is 9.90. The summed E-state index contributed by atoms with van der Waals surface area (Å²) in [7, 11) is 0. The van der Waals surface area contributed by atoms with E-state index in [1.165, 1.54) is 43.2 Å². The van der Waals surface area contributed by atoms with Gasteiger partial charge in [-0.1, -0.05) is 43.5 Å². The molecule has 0 heterocycles. The Kier molecular flexibility index (Phi) is 2.96. The summed E-state index contributed by atoms with van der Waals surface area (Å²) in [6, 6.07) is 9.02. The van der Waals surface area contributed by atoms with Gasteiger partial charge in [-0.15, -0.1) is 0 Å². The molecule has 2 aliphatic rings. The van der Waals surface area contributed by atoms with E-state index in [0.29, 0.717) is 0 Å². The van der Waals surface area contributed by atoms with Crippen molar-refractivity contribution in [1.29, 1.82) is 0 Å². The summed E-state index contributed by atoms with van der Waals surface area (Å²) >= 11 is 0. The number of rotatable bonds is 3. The Morgan fingerprint density at radius 3 is 2.24 bits per heavy atom. The Balaban J connectivity index is 1.66. The van der Waals surface area contributed by atoms with E-state index >= 15 is 0 Å². The van der Waals surface area contributed by atoms with E-state index in [1.807, 2.05) is 0 Å². The van der Waals surface area contributed by atoms with E-state index in [-0.39, 0.29) is 5.60 Å². The van der Waals surface area contributed by atoms with E-state index < -0.39 is 0 Å². The van der Waals surface area contributed by atoms with Gasteiger partial charge in [-0.05, 0) is 42.7 Å². The van der Waals surface area contributed by atoms with Crippen LogP contribution < -0.4 is 0 Å². The van der Waals surface area contributed by atoms with Crippen molar-refractivity contribution in [2.45, 2.75) is 62.9 Å². The Hall–Kier alpha value is -0.820. The van der Waals surface area contributed by atoms with Gasteiger partial charge in [-0.2, -0.15) is 0 Å². The largest absolute Gasteiger partial charge is 0.390 e. The zero-order chi connectivity index (χ0) is 11.7. The maximum Gasteiger partial charge on any atom is 0.0690 e. The van der Waals surface area contributed by atoms with Crippen molar-refractivity contribution in [2.24, 2.45) is 0 Å². The highest BCUT2D eigenvalue weighted by Gasteiger charge is 2.39. The predicted molar refractivity (Wildman–Crippen MR) is 70.2 cm³/mol. The second kappa shape index (κ2) is 4.45. The summed E-state index contributed by atoms with van der Waals surface area (Å²) in [6.45, 7) is 0. The van der Waals surface area contributed by atoms with Crippen LogP contribution in [0.5, 0.6) is 0 Å². The van der Waals surface area contributed by atoms with Crippen LogP contribution in [0.4, 0.5) is 0 Å². The first-order valence-electron chi connectivity index (χ1n) is 7.06. The van der Waals surface area contributed by atoms with Crippen molar-refractivity contribution in [3.63, 3.8) is 0 Å². The van der Waals surface area contributed by atoms with Crippen LogP contribution in [0, 0.1) is 0 Å². The highest BCUT2D eigenvalue weighted by atomic mass is 16.3. The average Bonchev–Trinajstić information content (AvgIpc) is 3.09. The van der Waals surface area contributed by atoms with E-state index in [4.69, 9.17) is 0 Å². The molecule has 0 saturated heterocycles. The standard InChI is InChI=1S/C16H22O/c17-16(10-11-16)12-13-6-8-15(9-7-13)14-4-2-1-3-5-14/h6-9,14,17H,1-5,10-12H2. The lowest BCUT2D eigenvalue weighted by Crippen LogP contribution is -2.11. The van der Waals surface area contributed by atoms with Crippen molar-refractivity contribution in [1.82, 2.24) is 0 Å². The fourth-order valence-electron chi connectivity index (χ4n) is 3.04. The third-order valence-electron chi connectivity index (χ3n) is 4.42. The Morgan fingerprint density at radius 1 is 1.00 bits per heavy atom. The molecule has 2 fully saturated rings. The summed E-state index contributed by atoms with van der Waals surface area (Å²) in [5.74, 6) is 0.793. The van der Waals surface area contributed by atoms with Gasteiger partial charge in [0, 0.05) is 6.42 Å². The molecule has 0 unspecified atom stereocenters. The summed E-state index contributed by atoms with van der Waals surface area (Å²) in [5.41, 5.74) is 2.45. The minimum absolute atomic E-state index is 0.355. The smallest absolute Gasteiger partial charge is 0.0690 e. The molecule has 0 spiro atoms.